The highest BCUT2D eigenvalue weighted by atomic mass is 14.9. The Balaban J connectivity index is 2.24. The highest BCUT2D eigenvalue weighted by Crippen LogP contribution is 2.18. The van der Waals surface area contributed by atoms with E-state index < -0.39 is 5.92 Å². The summed E-state index contributed by atoms with van der Waals surface area (Å²) in [7, 11) is 0. The molecule has 0 aliphatic heterocycles. The number of rotatable bonds is 4. The lowest BCUT2D eigenvalue weighted by Crippen LogP contribution is -2.35. The Kier molecular flexibility index (Phi) is 5.15. The second-order valence-corrected chi connectivity index (χ2v) is 4.46. The topological polar surface area (TPSA) is 59.6 Å². The van der Waals surface area contributed by atoms with Crippen LogP contribution in [0.5, 0.6) is 0 Å². The average Bonchev–Trinajstić information content (AvgIpc) is 2.29. The molecule has 1 aliphatic rings. The lowest BCUT2D eigenvalue weighted by atomic mass is 9.93. The van der Waals surface area contributed by atoms with Gasteiger partial charge in [0.1, 0.15) is 5.92 Å². The molecule has 0 bridgehead atoms. The number of nitriles is 2. The van der Waals surface area contributed by atoms with Crippen LogP contribution in [0.3, 0.4) is 0 Å². The molecule has 1 fully saturated rings. The maximum Gasteiger partial charge on any atom is 0.137 e. The van der Waals surface area contributed by atoms with Gasteiger partial charge in [0.2, 0.25) is 0 Å². The minimum Gasteiger partial charge on any atom is -0.314 e. The maximum atomic E-state index is 8.73. The van der Waals surface area contributed by atoms with Crippen molar-refractivity contribution in [1.82, 2.24) is 5.32 Å². The van der Waals surface area contributed by atoms with Crippen LogP contribution in [0, 0.1) is 34.5 Å². The van der Waals surface area contributed by atoms with E-state index in [0.717, 1.165) is 6.54 Å². The third-order valence-corrected chi connectivity index (χ3v) is 3.18. The fourth-order valence-electron chi connectivity index (χ4n) is 2.06. The molecule has 0 aromatic rings. The van der Waals surface area contributed by atoms with Crippen LogP contribution in [0.4, 0.5) is 0 Å². The predicted octanol–water partition coefficient (Wildman–Crippen LogP) is 2.21. The van der Waals surface area contributed by atoms with Crippen LogP contribution in [-0.4, -0.2) is 12.6 Å². The maximum absolute atomic E-state index is 8.73. The second kappa shape index (κ2) is 6.43. The van der Waals surface area contributed by atoms with Gasteiger partial charge in [-0.25, -0.2) is 0 Å². The molecule has 0 aromatic carbocycles. The molecule has 1 saturated carbocycles. The Morgan fingerprint density at radius 2 is 1.80 bits per heavy atom. The van der Waals surface area contributed by atoms with E-state index in [2.05, 4.69) is 5.32 Å². The van der Waals surface area contributed by atoms with Gasteiger partial charge in [-0.05, 0) is 18.8 Å². The average molecular weight is 205 g/mol. The third kappa shape index (κ3) is 3.90. The zero-order chi connectivity index (χ0) is 11.1. The lowest BCUT2D eigenvalue weighted by molar-refractivity contribution is 0.343. The second-order valence-electron chi connectivity index (χ2n) is 4.46. The van der Waals surface area contributed by atoms with Gasteiger partial charge in [-0.15, -0.1) is 0 Å². The first-order chi connectivity index (χ1) is 7.27. The quantitative estimate of drug-likeness (QED) is 0.765. The molecule has 1 aliphatic carbocycles. The molecule has 82 valence electrons. The van der Waals surface area contributed by atoms with Crippen molar-refractivity contribution in [1.29, 1.82) is 10.5 Å². The van der Waals surface area contributed by atoms with Gasteiger partial charge in [0, 0.05) is 12.6 Å². The molecule has 1 rings (SSSR count). The first-order valence-corrected chi connectivity index (χ1v) is 5.80. The minimum absolute atomic E-state index is 0.127. The molecule has 1 atom stereocenters. The van der Waals surface area contributed by atoms with Crippen molar-refractivity contribution >= 4 is 0 Å². The fourth-order valence-corrected chi connectivity index (χ4v) is 2.06. The van der Waals surface area contributed by atoms with Crippen molar-refractivity contribution < 1.29 is 0 Å². The molecule has 1 N–H and O–H groups in total. The Hall–Kier alpha value is -1.06. The summed E-state index contributed by atoms with van der Waals surface area (Å²) in [6, 6.07) is 4.69. The first-order valence-electron chi connectivity index (χ1n) is 5.80. The molecule has 0 spiro atoms. The van der Waals surface area contributed by atoms with Crippen LogP contribution in [0.2, 0.25) is 0 Å². The van der Waals surface area contributed by atoms with Gasteiger partial charge in [0.05, 0.1) is 12.1 Å². The van der Waals surface area contributed by atoms with Crippen LogP contribution < -0.4 is 5.32 Å². The van der Waals surface area contributed by atoms with Gasteiger partial charge in [-0.2, -0.15) is 10.5 Å². The highest BCUT2D eigenvalue weighted by Gasteiger charge is 2.18. The summed E-state index contributed by atoms with van der Waals surface area (Å²) < 4.78 is 0. The van der Waals surface area contributed by atoms with E-state index in [0.29, 0.717) is 6.04 Å². The van der Waals surface area contributed by atoms with E-state index in [1.165, 1.54) is 32.1 Å². The van der Waals surface area contributed by atoms with Crippen LogP contribution in [0.25, 0.3) is 0 Å². The van der Waals surface area contributed by atoms with Crippen LogP contribution in [-0.2, 0) is 0 Å². The molecular formula is C12H19N3. The van der Waals surface area contributed by atoms with Gasteiger partial charge >= 0.3 is 0 Å². The van der Waals surface area contributed by atoms with Crippen molar-refractivity contribution in [2.45, 2.75) is 45.1 Å². The van der Waals surface area contributed by atoms with Crippen LogP contribution in [0.1, 0.15) is 39.0 Å². The summed E-state index contributed by atoms with van der Waals surface area (Å²) in [6.45, 7) is 2.75. The molecule has 1 unspecified atom stereocenters. The lowest BCUT2D eigenvalue weighted by Gasteiger charge is -2.24. The zero-order valence-corrected chi connectivity index (χ0v) is 9.37. The van der Waals surface area contributed by atoms with Crippen molar-refractivity contribution in [2.24, 2.45) is 11.8 Å². The minimum atomic E-state index is -0.471. The summed E-state index contributed by atoms with van der Waals surface area (Å²) in [6.07, 6.45) is 6.47. The summed E-state index contributed by atoms with van der Waals surface area (Å²) in [5.41, 5.74) is 0. The summed E-state index contributed by atoms with van der Waals surface area (Å²) in [5, 5.41) is 20.9. The van der Waals surface area contributed by atoms with Gasteiger partial charge in [-0.3, -0.25) is 0 Å². The normalized spacial score (nSPS) is 19.5. The Labute approximate surface area is 92.1 Å². The molecule has 0 saturated heterocycles. The third-order valence-electron chi connectivity index (χ3n) is 3.18. The molecule has 0 radical (unpaired) electrons. The standard InChI is InChI=1S/C12H19N3/c1-10(11(7-13)8-14)9-15-12-5-3-2-4-6-12/h10-12,15H,2-6,9H2,1H3. The highest BCUT2D eigenvalue weighted by molar-refractivity contribution is 5.02. The number of nitrogens with zero attached hydrogens (tertiary/aromatic N) is 2. The molecule has 0 heterocycles. The molecule has 0 aromatic heterocycles. The summed E-state index contributed by atoms with van der Waals surface area (Å²) in [5.74, 6) is -0.344. The predicted molar refractivity (Wildman–Crippen MR) is 58.8 cm³/mol. The van der Waals surface area contributed by atoms with Crippen LogP contribution in [0.15, 0.2) is 0 Å². The van der Waals surface area contributed by atoms with Gasteiger partial charge < -0.3 is 5.32 Å². The Morgan fingerprint density at radius 3 is 2.33 bits per heavy atom. The first kappa shape index (κ1) is 12.0. The Morgan fingerprint density at radius 1 is 1.20 bits per heavy atom. The van der Waals surface area contributed by atoms with Crippen LogP contribution >= 0.6 is 0 Å². The van der Waals surface area contributed by atoms with E-state index in [4.69, 9.17) is 10.5 Å². The van der Waals surface area contributed by atoms with Crippen molar-refractivity contribution in [3.05, 3.63) is 0 Å². The van der Waals surface area contributed by atoms with E-state index >= 15 is 0 Å². The van der Waals surface area contributed by atoms with E-state index in [1.54, 1.807) is 0 Å². The number of hydrogen-bond donors (Lipinski definition) is 1. The molecule has 3 nitrogen and oxygen atoms in total. The number of nitrogens with one attached hydrogen (secondary N) is 1. The van der Waals surface area contributed by atoms with Gasteiger partial charge in [0.25, 0.3) is 0 Å². The van der Waals surface area contributed by atoms with E-state index in [1.807, 2.05) is 19.1 Å². The monoisotopic (exact) mass is 205 g/mol. The molecule has 0 amide bonds. The molecule has 15 heavy (non-hydrogen) atoms. The van der Waals surface area contributed by atoms with Crippen molar-refractivity contribution in [3.8, 4) is 12.1 Å². The Bertz CT molecular complexity index is 241. The van der Waals surface area contributed by atoms with Gasteiger partial charge in [-0.1, -0.05) is 26.2 Å². The van der Waals surface area contributed by atoms with Gasteiger partial charge in [0.15, 0.2) is 0 Å². The van der Waals surface area contributed by atoms with E-state index in [-0.39, 0.29) is 5.92 Å². The zero-order valence-electron chi connectivity index (χ0n) is 9.37. The summed E-state index contributed by atoms with van der Waals surface area (Å²) in [4.78, 5) is 0. The van der Waals surface area contributed by atoms with Crippen molar-refractivity contribution in [3.63, 3.8) is 0 Å². The van der Waals surface area contributed by atoms with E-state index in [9.17, 15) is 0 Å². The molecular weight excluding hydrogens is 186 g/mol. The summed E-state index contributed by atoms with van der Waals surface area (Å²) >= 11 is 0. The fraction of sp³-hybridized carbons (Fsp3) is 0.833. The molecule has 3 heteroatoms. The SMILES string of the molecule is CC(CNC1CCCCC1)C(C#N)C#N. The number of hydrogen-bond acceptors (Lipinski definition) is 3. The smallest absolute Gasteiger partial charge is 0.137 e. The van der Waals surface area contributed by atoms with Crippen molar-refractivity contribution in [2.75, 3.05) is 6.54 Å². The largest absolute Gasteiger partial charge is 0.314 e.